The lowest BCUT2D eigenvalue weighted by Gasteiger charge is -2.34. The van der Waals surface area contributed by atoms with Crippen molar-refractivity contribution in [3.63, 3.8) is 0 Å². The first-order valence-corrected chi connectivity index (χ1v) is 8.82. The monoisotopic (exact) mass is 344 g/mol. The second kappa shape index (κ2) is 5.49. The highest BCUT2D eigenvalue weighted by atomic mass is 16.7. The fourth-order valence-corrected chi connectivity index (χ4v) is 4.54. The van der Waals surface area contributed by atoms with Crippen molar-refractivity contribution in [1.82, 2.24) is 0 Å². The van der Waals surface area contributed by atoms with E-state index >= 15 is 0 Å². The predicted octanol–water partition coefficient (Wildman–Crippen LogP) is 3.13. The summed E-state index contributed by atoms with van der Waals surface area (Å²) in [5, 5.41) is 10.8. The molecule has 4 aliphatic rings. The van der Waals surface area contributed by atoms with Gasteiger partial charge in [0.25, 0.3) is 6.29 Å². The molecular formula is C20H24O5. The average molecular weight is 344 g/mol. The molecule has 2 heterocycles. The zero-order valence-corrected chi connectivity index (χ0v) is 14.9. The van der Waals surface area contributed by atoms with Gasteiger partial charge in [0.05, 0.1) is 23.9 Å². The van der Waals surface area contributed by atoms with Gasteiger partial charge in [0.15, 0.2) is 0 Å². The van der Waals surface area contributed by atoms with Gasteiger partial charge in [-0.25, -0.2) is 4.79 Å². The number of aliphatic hydroxyl groups excluding tert-OH is 1. The number of hydrogen-bond acceptors (Lipinski definition) is 5. The highest BCUT2D eigenvalue weighted by Gasteiger charge is 2.56. The molecule has 5 nitrogen and oxygen atoms in total. The molecule has 2 aliphatic carbocycles. The molecule has 0 radical (unpaired) electrons. The molecule has 1 N–H and O–H groups in total. The van der Waals surface area contributed by atoms with E-state index in [4.69, 9.17) is 14.2 Å². The SMILES string of the molecule is C=C1OC(O/C=C2/C(=O)OC3C4=C(CCCC4(C)C)C(O)C23)C=C1C. The van der Waals surface area contributed by atoms with Gasteiger partial charge in [-0.2, -0.15) is 0 Å². The topological polar surface area (TPSA) is 65.0 Å². The smallest absolute Gasteiger partial charge is 0.338 e. The quantitative estimate of drug-likeness (QED) is 0.361. The molecule has 4 rings (SSSR count). The molecule has 0 amide bonds. The van der Waals surface area contributed by atoms with E-state index in [0.29, 0.717) is 11.3 Å². The van der Waals surface area contributed by atoms with Crippen molar-refractivity contribution in [2.24, 2.45) is 11.3 Å². The van der Waals surface area contributed by atoms with E-state index < -0.39 is 18.4 Å². The summed E-state index contributed by atoms with van der Waals surface area (Å²) in [6.45, 7) is 9.99. The largest absolute Gasteiger partial charge is 0.458 e. The third-order valence-corrected chi connectivity index (χ3v) is 5.87. The van der Waals surface area contributed by atoms with Crippen LogP contribution in [0.1, 0.15) is 40.0 Å². The minimum absolute atomic E-state index is 0.0588. The molecule has 0 aromatic rings. The number of allylic oxidation sites excluding steroid dienone is 1. The van der Waals surface area contributed by atoms with Crippen LogP contribution in [0.4, 0.5) is 0 Å². The summed E-state index contributed by atoms with van der Waals surface area (Å²) in [5.74, 6) is -0.237. The first kappa shape index (κ1) is 16.5. The molecule has 1 saturated heterocycles. The molecule has 4 unspecified atom stereocenters. The Morgan fingerprint density at radius 2 is 2.16 bits per heavy atom. The maximum atomic E-state index is 12.4. The number of aliphatic hydroxyl groups is 1. The molecule has 0 aromatic carbocycles. The second-order valence-electron chi connectivity index (χ2n) is 7.94. The molecule has 5 heteroatoms. The van der Waals surface area contributed by atoms with E-state index in [9.17, 15) is 9.90 Å². The highest BCUT2D eigenvalue weighted by Crippen LogP contribution is 2.54. The van der Waals surface area contributed by atoms with Crippen LogP contribution in [-0.4, -0.2) is 29.6 Å². The molecule has 1 fully saturated rings. The van der Waals surface area contributed by atoms with Gasteiger partial charge < -0.3 is 19.3 Å². The van der Waals surface area contributed by atoms with Gasteiger partial charge in [-0.15, -0.1) is 0 Å². The summed E-state index contributed by atoms with van der Waals surface area (Å²) in [6, 6.07) is 0. The first-order chi connectivity index (χ1) is 11.8. The van der Waals surface area contributed by atoms with Crippen LogP contribution in [0.2, 0.25) is 0 Å². The molecule has 0 saturated carbocycles. The van der Waals surface area contributed by atoms with Crippen LogP contribution in [0.15, 0.2) is 47.0 Å². The van der Waals surface area contributed by atoms with Crippen molar-refractivity contribution >= 4 is 5.97 Å². The van der Waals surface area contributed by atoms with Crippen LogP contribution in [0.5, 0.6) is 0 Å². The van der Waals surface area contributed by atoms with Crippen molar-refractivity contribution in [3.05, 3.63) is 47.0 Å². The van der Waals surface area contributed by atoms with Gasteiger partial charge in [-0.1, -0.05) is 20.4 Å². The zero-order chi connectivity index (χ0) is 17.9. The summed E-state index contributed by atoms with van der Waals surface area (Å²) in [6.07, 6.45) is 4.50. The lowest BCUT2D eigenvalue weighted by Crippen LogP contribution is -2.27. The number of rotatable bonds is 2. The van der Waals surface area contributed by atoms with E-state index in [-0.39, 0.29) is 17.4 Å². The summed E-state index contributed by atoms with van der Waals surface area (Å²) in [4.78, 5) is 12.4. The van der Waals surface area contributed by atoms with Crippen LogP contribution in [0.3, 0.4) is 0 Å². The van der Waals surface area contributed by atoms with Crippen molar-refractivity contribution < 1.29 is 24.1 Å². The van der Waals surface area contributed by atoms with Gasteiger partial charge in [0, 0.05) is 6.08 Å². The molecule has 2 aliphatic heterocycles. The van der Waals surface area contributed by atoms with Crippen molar-refractivity contribution in [2.75, 3.05) is 0 Å². The van der Waals surface area contributed by atoms with Gasteiger partial charge >= 0.3 is 5.97 Å². The lowest BCUT2D eigenvalue weighted by atomic mass is 9.72. The van der Waals surface area contributed by atoms with Gasteiger partial charge in [0.1, 0.15) is 11.9 Å². The molecule has 4 atom stereocenters. The predicted molar refractivity (Wildman–Crippen MR) is 91.0 cm³/mol. The van der Waals surface area contributed by atoms with E-state index in [1.165, 1.54) is 6.26 Å². The minimum Gasteiger partial charge on any atom is -0.458 e. The lowest BCUT2D eigenvalue weighted by molar-refractivity contribution is -0.138. The minimum atomic E-state index is -0.683. The van der Waals surface area contributed by atoms with E-state index in [1.54, 1.807) is 6.08 Å². The number of hydrogen-bond donors (Lipinski definition) is 1. The first-order valence-electron chi connectivity index (χ1n) is 8.82. The van der Waals surface area contributed by atoms with Crippen LogP contribution >= 0.6 is 0 Å². The third kappa shape index (κ3) is 2.44. The molecule has 25 heavy (non-hydrogen) atoms. The number of esters is 1. The maximum absolute atomic E-state index is 12.4. The summed E-state index contributed by atoms with van der Waals surface area (Å²) >= 11 is 0. The van der Waals surface area contributed by atoms with E-state index in [0.717, 1.165) is 36.0 Å². The summed E-state index contributed by atoms with van der Waals surface area (Å²) < 4.78 is 16.7. The molecular weight excluding hydrogens is 320 g/mol. The van der Waals surface area contributed by atoms with Gasteiger partial charge in [-0.3, -0.25) is 0 Å². The zero-order valence-electron chi connectivity index (χ0n) is 14.9. The normalized spacial score (nSPS) is 37.6. The Balaban J connectivity index is 1.60. The van der Waals surface area contributed by atoms with Crippen LogP contribution in [-0.2, 0) is 19.0 Å². The van der Waals surface area contributed by atoms with Gasteiger partial charge in [-0.05, 0) is 48.3 Å². The van der Waals surface area contributed by atoms with Crippen molar-refractivity contribution in [2.45, 2.75) is 58.5 Å². The molecule has 0 aromatic heterocycles. The van der Waals surface area contributed by atoms with Crippen LogP contribution in [0.25, 0.3) is 0 Å². The van der Waals surface area contributed by atoms with Crippen LogP contribution in [0, 0.1) is 11.3 Å². The summed E-state index contributed by atoms with van der Waals surface area (Å²) in [7, 11) is 0. The van der Waals surface area contributed by atoms with Crippen molar-refractivity contribution in [1.29, 1.82) is 0 Å². The van der Waals surface area contributed by atoms with E-state index in [2.05, 4.69) is 20.4 Å². The fourth-order valence-electron chi connectivity index (χ4n) is 4.54. The number of fused-ring (bicyclic) bond motifs is 2. The standard InChI is InChI=1S/C20H24O5/c1-10-8-14(24-11(10)2)23-9-13-15-17(21)12-6-5-7-20(3,4)16(12)18(15)25-19(13)22/h8-9,14-15,17-18,21H,2,5-7H2,1,3-4H3/b13-9+. The Kier molecular flexibility index (Phi) is 3.62. The second-order valence-corrected chi connectivity index (χ2v) is 7.94. The highest BCUT2D eigenvalue weighted by molar-refractivity contribution is 5.92. The summed E-state index contributed by atoms with van der Waals surface area (Å²) in [5.41, 5.74) is 3.39. The average Bonchev–Trinajstić information content (AvgIpc) is 3.11. The Bertz CT molecular complexity index is 739. The van der Waals surface area contributed by atoms with Gasteiger partial charge in [0.2, 0.25) is 0 Å². The fraction of sp³-hybridized carbons (Fsp3) is 0.550. The van der Waals surface area contributed by atoms with Crippen molar-refractivity contribution in [3.8, 4) is 0 Å². The number of carbonyl (C=O) groups is 1. The number of ether oxygens (including phenoxy) is 3. The van der Waals surface area contributed by atoms with E-state index in [1.807, 2.05) is 6.92 Å². The molecule has 134 valence electrons. The molecule has 0 bridgehead atoms. The Hall–Kier alpha value is -2.01. The Labute approximate surface area is 147 Å². The van der Waals surface area contributed by atoms with Crippen LogP contribution < -0.4 is 0 Å². The number of carbonyl (C=O) groups excluding carboxylic acids is 1. The molecule has 0 spiro atoms. The Morgan fingerprint density at radius 1 is 1.40 bits per heavy atom. The third-order valence-electron chi connectivity index (χ3n) is 5.87. The maximum Gasteiger partial charge on any atom is 0.338 e. The Morgan fingerprint density at radius 3 is 2.84 bits per heavy atom.